The van der Waals surface area contributed by atoms with Gasteiger partial charge in [-0.3, -0.25) is 9.59 Å². The van der Waals surface area contributed by atoms with Crippen molar-refractivity contribution >= 4 is 33.3 Å². The summed E-state index contributed by atoms with van der Waals surface area (Å²) in [7, 11) is 0. The molecule has 0 fully saturated rings. The summed E-state index contributed by atoms with van der Waals surface area (Å²) in [5.74, 6) is -0.498. The number of amides is 1. The number of benzene rings is 1. The van der Waals surface area contributed by atoms with Gasteiger partial charge < -0.3 is 10.4 Å². The Labute approximate surface area is 95.4 Å². The third kappa shape index (κ3) is 2.79. The number of carbonyl (C=O) groups excluding carboxylic acids is 2. The van der Waals surface area contributed by atoms with Crippen LogP contribution >= 0.6 is 15.9 Å². The number of phenols is 1. The zero-order valence-electron chi connectivity index (χ0n) is 8.30. The highest BCUT2D eigenvalue weighted by atomic mass is 79.9. The van der Waals surface area contributed by atoms with E-state index < -0.39 is 0 Å². The third-order valence-electron chi connectivity index (χ3n) is 1.78. The first-order valence-corrected chi connectivity index (χ1v) is 5.02. The summed E-state index contributed by atoms with van der Waals surface area (Å²) in [5, 5.41) is 11.9. The Hall–Kier alpha value is -1.36. The van der Waals surface area contributed by atoms with Gasteiger partial charge in [-0.1, -0.05) is 0 Å². The highest BCUT2D eigenvalue weighted by molar-refractivity contribution is 9.10. The van der Waals surface area contributed by atoms with Crippen LogP contribution in [0.2, 0.25) is 0 Å². The summed E-state index contributed by atoms with van der Waals surface area (Å²) in [6.07, 6.45) is 0. The van der Waals surface area contributed by atoms with E-state index in [9.17, 15) is 14.7 Å². The van der Waals surface area contributed by atoms with Crippen LogP contribution in [-0.4, -0.2) is 16.8 Å². The van der Waals surface area contributed by atoms with Crippen LogP contribution in [0.1, 0.15) is 24.2 Å². The molecule has 0 spiro atoms. The number of ketones is 1. The predicted octanol–water partition coefficient (Wildman–Crippen LogP) is 2.32. The lowest BCUT2D eigenvalue weighted by Crippen LogP contribution is -2.09. The Bertz CT molecular complexity index is 429. The van der Waals surface area contributed by atoms with Crippen molar-refractivity contribution in [3.63, 3.8) is 0 Å². The summed E-state index contributed by atoms with van der Waals surface area (Å²) >= 11 is 3.10. The fourth-order valence-electron chi connectivity index (χ4n) is 1.15. The third-order valence-corrected chi connectivity index (χ3v) is 2.41. The van der Waals surface area contributed by atoms with E-state index >= 15 is 0 Å². The standard InChI is InChI=1S/C10H10BrNO3/c1-5(13)7-3-8(11)10(15)4-9(7)12-6(2)14/h3-4,15H,1-2H3,(H,12,14). The van der Waals surface area contributed by atoms with Gasteiger partial charge >= 0.3 is 0 Å². The van der Waals surface area contributed by atoms with E-state index in [0.29, 0.717) is 15.7 Å². The summed E-state index contributed by atoms with van der Waals surface area (Å²) in [5.41, 5.74) is 0.672. The van der Waals surface area contributed by atoms with E-state index in [-0.39, 0.29) is 17.4 Å². The van der Waals surface area contributed by atoms with Crippen molar-refractivity contribution in [2.45, 2.75) is 13.8 Å². The van der Waals surface area contributed by atoms with Gasteiger partial charge in [0.2, 0.25) is 5.91 Å². The van der Waals surface area contributed by atoms with Crippen LogP contribution in [0.15, 0.2) is 16.6 Å². The lowest BCUT2D eigenvalue weighted by atomic mass is 10.1. The Kier molecular flexibility index (Phi) is 3.47. The van der Waals surface area contributed by atoms with Crippen LogP contribution in [0, 0.1) is 0 Å². The van der Waals surface area contributed by atoms with Crippen molar-refractivity contribution in [2.75, 3.05) is 5.32 Å². The van der Waals surface area contributed by atoms with Crippen molar-refractivity contribution in [1.29, 1.82) is 0 Å². The SMILES string of the molecule is CC(=O)Nc1cc(O)c(Br)cc1C(C)=O. The molecule has 1 aromatic rings. The van der Waals surface area contributed by atoms with Crippen molar-refractivity contribution in [3.8, 4) is 5.75 Å². The maximum Gasteiger partial charge on any atom is 0.221 e. The lowest BCUT2D eigenvalue weighted by molar-refractivity contribution is -0.114. The molecule has 0 aliphatic heterocycles. The molecule has 5 heteroatoms. The summed E-state index contributed by atoms with van der Waals surface area (Å²) in [6, 6.07) is 2.81. The van der Waals surface area contributed by atoms with Crippen LogP contribution in [0.25, 0.3) is 0 Å². The quantitative estimate of drug-likeness (QED) is 0.812. The van der Waals surface area contributed by atoms with Crippen molar-refractivity contribution in [2.24, 2.45) is 0 Å². The van der Waals surface area contributed by atoms with Gasteiger partial charge in [0.1, 0.15) is 5.75 Å². The molecule has 1 rings (SSSR count). The number of hydrogen-bond acceptors (Lipinski definition) is 3. The molecule has 0 atom stereocenters. The zero-order chi connectivity index (χ0) is 11.6. The highest BCUT2D eigenvalue weighted by Gasteiger charge is 2.12. The van der Waals surface area contributed by atoms with Crippen LogP contribution in [0.5, 0.6) is 5.75 Å². The van der Waals surface area contributed by atoms with Crippen LogP contribution in [0.4, 0.5) is 5.69 Å². The predicted molar refractivity (Wildman–Crippen MR) is 60.1 cm³/mol. The molecule has 0 aliphatic carbocycles. The molecule has 1 aromatic carbocycles. The van der Waals surface area contributed by atoms with Gasteiger partial charge in [0.15, 0.2) is 5.78 Å². The van der Waals surface area contributed by atoms with Crippen molar-refractivity contribution in [3.05, 3.63) is 22.2 Å². The summed E-state index contributed by atoms with van der Waals surface area (Å²) in [6.45, 7) is 2.73. The number of anilines is 1. The molecule has 0 saturated carbocycles. The van der Waals surface area contributed by atoms with Crippen LogP contribution in [0.3, 0.4) is 0 Å². The molecule has 2 N–H and O–H groups in total. The first-order chi connectivity index (χ1) is 6.91. The smallest absolute Gasteiger partial charge is 0.221 e. The topological polar surface area (TPSA) is 66.4 Å². The second-order valence-corrected chi connectivity index (χ2v) is 3.94. The van der Waals surface area contributed by atoms with Gasteiger partial charge in [-0.2, -0.15) is 0 Å². The van der Waals surface area contributed by atoms with Gasteiger partial charge in [-0.25, -0.2) is 0 Å². The molecule has 0 saturated heterocycles. The Morgan fingerprint density at radius 3 is 2.40 bits per heavy atom. The summed E-state index contributed by atoms with van der Waals surface area (Å²) < 4.78 is 0.418. The summed E-state index contributed by atoms with van der Waals surface area (Å²) in [4.78, 5) is 22.1. The molecular weight excluding hydrogens is 262 g/mol. The van der Waals surface area contributed by atoms with E-state index in [1.165, 1.54) is 26.0 Å². The minimum absolute atomic E-state index is 0.0243. The van der Waals surface area contributed by atoms with Gasteiger partial charge in [-0.15, -0.1) is 0 Å². The zero-order valence-corrected chi connectivity index (χ0v) is 9.88. The van der Waals surface area contributed by atoms with Crippen molar-refractivity contribution < 1.29 is 14.7 Å². The average molecular weight is 272 g/mol. The molecule has 0 bridgehead atoms. The van der Waals surface area contributed by atoms with E-state index in [2.05, 4.69) is 21.2 Å². The maximum absolute atomic E-state index is 11.3. The van der Waals surface area contributed by atoms with Gasteiger partial charge in [0.05, 0.1) is 10.2 Å². The van der Waals surface area contributed by atoms with Gasteiger partial charge in [0, 0.05) is 18.6 Å². The number of carbonyl (C=O) groups is 2. The number of rotatable bonds is 2. The molecule has 0 heterocycles. The maximum atomic E-state index is 11.3. The lowest BCUT2D eigenvalue weighted by Gasteiger charge is -2.09. The van der Waals surface area contributed by atoms with E-state index in [0.717, 1.165) is 0 Å². The molecule has 0 aromatic heterocycles. The molecule has 4 nitrogen and oxygen atoms in total. The number of hydrogen-bond donors (Lipinski definition) is 2. The number of Topliss-reactive ketones (excluding diaryl/α,β-unsaturated/α-hetero) is 1. The minimum atomic E-state index is -0.292. The molecule has 0 radical (unpaired) electrons. The molecule has 0 unspecified atom stereocenters. The van der Waals surface area contributed by atoms with E-state index in [4.69, 9.17) is 0 Å². The van der Waals surface area contributed by atoms with Gasteiger partial charge in [0.25, 0.3) is 0 Å². The minimum Gasteiger partial charge on any atom is -0.507 e. The second-order valence-electron chi connectivity index (χ2n) is 3.09. The second kappa shape index (κ2) is 4.44. The molecular formula is C10H10BrNO3. The molecule has 15 heavy (non-hydrogen) atoms. The Balaban J connectivity index is 3.28. The molecule has 1 amide bonds. The number of halogens is 1. The first kappa shape index (κ1) is 11.7. The molecule has 80 valence electrons. The normalized spacial score (nSPS) is 9.80. The van der Waals surface area contributed by atoms with Crippen molar-refractivity contribution in [1.82, 2.24) is 0 Å². The number of aromatic hydroxyl groups is 1. The van der Waals surface area contributed by atoms with E-state index in [1.54, 1.807) is 0 Å². The van der Waals surface area contributed by atoms with Gasteiger partial charge in [-0.05, 0) is 28.9 Å². The fraction of sp³-hybridized carbons (Fsp3) is 0.200. The number of nitrogens with one attached hydrogen (secondary N) is 1. The fourth-order valence-corrected chi connectivity index (χ4v) is 1.49. The molecule has 0 aliphatic rings. The average Bonchev–Trinajstić information content (AvgIpc) is 2.09. The van der Waals surface area contributed by atoms with Crippen LogP contribution in [-0.2, 0) is 4.79 Å². The number of phenolic OH excluding ortho intramolecular Hbond substituents is 1. The Morgan fingerprint density at radius 1 is 1.33 bits per heavy atom. The largest absolute Gasteiger partial charge is 0.507 e. The van der Waals surface area contributed by atoms with E-state index in [1.807, 2.05) is 0 Å². The first-order valence-electron chi connectivity index (χ1n) is 4.23. The van der Waals surface area contributed by atoms with Crippen LogP contribution < -0.4 is 5.32 Å². The highest BCUT2D eigenvalue weighted by Crippen LogP contribution is 2.30. The Morgan fingerprint density at radius 2 is 1.93 bits per heavy atom. The monoisotopic (exact) mass is 271 g/mol.